The predicted octanol–water partition coefficient (Wildman–Crippen LogP) is 6.85. The molecule has 3 amide bonds. The van der Waals surface area contributed by atoms with Crippen LogP contribution < -0.4 is 10.8 Å². The van der Waals surface area contributed by atoms with E-state index in [0.29, 0.717) is 56.8 Å². The van der Waals surface area contributed by atoms with E-state index in [1.165, 1.54) is 6.07 Å². The summed E-state index contributed by atoms with van der Waals surface area (Å²) in [6.45, 7) is 8.92. The second-order valence-electron chi connectivity index (χ2n) is 13.3. The van der Waals surface area contributed by atoms with Crippen LogP contribution in [0.3, 0.4) is 0 Å². The number of aromatic hydroxyl groups is 2. The fourth-order valence-corrected chi connectivity index (χ4v) is 6.23. The molecule has 3 aromatic carbocycles. The number of phenols is 2. The number of aromatic amines is 1. The maximum absolute atomic E-state index is 12.6. The van der Waals surface area contributed by atoms with Crippen molar-refractivity contribution in [2.45, 2.75) is 71.8 Å². The quantitative estimate of drug-likeness (QED) is 0.0750. The van der Waals surface area contributed by atoms with Gasteiger partial charge in [0.2, 0.25) is 5.91 Å². The number of unbranched alkanes of at least 4 members (excludes halogenated alkanes) is 3. The Kier molecular flexibility index (Phi) is 12.7. The third kappa shape index (κ3) is 10.1. The van der Waals surface area contributed by atoms with Crippen LogP contribution in [0.2, 0.25) is 0 Å². The van der Waals surface area contributed by atoms with Gasteiger partial charge in [-0.2, -0.15) is 10.6 Å². The number of nitrogens with zero attached hydrogens (tertiary/aromatic N) is 3. The van der Waals surface area contributed by atoms with Gasteiger partial charge in [-0.05, 0) is 60.6 Å². The van der Waals surface area contributed by atoms with Crippen LogP contribution in [0.15, 0.2) is 66.7 Å². The molecule has 0 radical (unpaired) electrons. The summed E-state index contributed by atoms with van der Waals surface area (Å²) in [6, 6.07) is 20.7. The van der Waals surface area contributed by atoms with Crippen LogP contribution in [0.25, 0.3) is 22.4 Å². The highest BCUT2D eigenvalue weighted by Gasteiger charge is 2.24. The van der Waals surface area contributed by atoms with Crippen molar-refractivity contribution in [3.8, 4) is 33.9 Å². The number of hydroxylamine groups is 1. The SMILES string of the molecule is Cc1[nH]nc(-c2cc(C(C)C)c(O)cc2O)c1-c1ccc(CN2CCN(C(=O)ONC(=O)CCCCCCC(=O)Nc3ccccc3)CC2)cc1. The maximum Gasteiger partial charge on any atom is 0.434 e. The number of hydrogen-bond acceptors (Lipinski definition) is 8. The Morgan fingerprint density at radius 2 is 1.53 bits per heavy atom. The van der Waals surface area contributed by atoms with Crippen molar-refractivity contribution in [2.75, 3.05) is 31.5 Å². The van der Waals surface area contributed by atoms with Gasteiger partial charge in [0.05, 0.1) is 0 Å². The van der Waals surface area contributed by atoms with Crippen LogP contribution >= 0.6 is 0 Å². The normalized spacial score (nSPS) is 13.3. The van der Waals surface area contributed by atoms with Crippen molar-refractivity contribution in [3.05, 3.63) is 83.6 Å². The second-order valence-corrected chi connectivity index (χ2v) is 13.3. The third-order valence-corrected chi connectivity index (χ3v) is 9.12. The number of hydrogen-bond donors (Lipinski definition) is 5. The van der Waals surface area contributed by atoms with Crippen LogP contribution in [-0.4, -0.2) is 74.3 Å². The van der Waals surface area contributed by atoms with Crippen LogP contribution in [0, 0.1) is 6.92 Å². The summed E-state index contributed by atoms with van der Waals surface area (Å²) in [7, 11) is 0. The number of aromatic nitrogens is 2. The molecule has 1 aliphatic rings. The van der Waals surface area contributed by atoms with Gasteiger partial charge in [-0.15, -0.1) is 0 Å². The van der Waals surface area contributed by atoms with Crippen molar-refractivity contribution in [3.63, 3.8) is 0 Å². The lowest BCUT2D eigenvalue weighted by molar-refractivity contribution is -0.130. The van der Waals surface area contributed by atoms with E-state index >= 15 is 0 Å². The molecule has 0 bridgehead atoms. The summed E-state index contributed by atoms with van der Waals surface area (Å²) in [5.74, 6) is -0.257. The smallest absolute Gasteiger partial charge is 0.434 e. The largest absolute Gasteiger partial charge is 0.508 e. The number of piperazine rings is 1. The summed E-state index contributed by atoms with van der Waals surface area (Å²) in [6.07, 6.45) is 3.14. The number of carbonyl (C=O) groups is 3. The predicted molar refractivity (Wildman–Crippen MR) is 196 cm³/mol. The van der Waals surface area contributed by atoms with Gasteiger partial charge in [0.15, 0.2) is 0 Å². The number of aryl methyl sites for hydroxylation is 1. The molecule has 12 nitrogen and oxygen atoms in total. The van der Waals surface area contributed by atoms with Crippen LogP contribution in [0.1, 0.15) is 75.1 Å². The average Bonchev–Trinajstić information content (AvgIpc) is 3.50. The van der Waals surface area contributed by atoms with Gasteiger partial charge in [0.25, 0.3) is 5.91 Å². The Bertz CT molecular complexity index is 1780. The molecule has 0 aliphatic carbocycles. The number of nitrogens with one attached hydrogen (secondary N) is 3. The molecule has 4 aromatic rings. The molecular weight excluding hydrogens is 648 g/mol. The lowest BCUT2D eigenvalue weighted by atomic mass is 9.94. The zero-order valence-electron chi connectivity index (χ0n) is 29.6. The van der Waals surface area contributed by atoms with E-state index in [0.717, 1.165) is 52.9 Å². The van der Waals surface area contributed by atoms with E-state index in [1.54, 1.807) is 11.0 Å². The summed E-state index contributed by atoms with van der Waals surface area (Å²) in [5.41, 5.74) is 8.81. The van der Waals surface area contributed by atoms with Crippen molar-refractivity contribution < 1.29 is 29.4 Å². The van der Waals surface area contributed by atoms with E-state index in [1.807, 2.05) is 63.2 Å². The number of anilines is 1. The summed E-state index contributed by atoms with van der Waals surface area (Å²) in [4.78, 5) is 45.7. The van der Waals surface area contributed by atoms with Gasteiger partial charge in [0, 0.05) is 74.1 Å². The molecule has 270 valence electrons. The van der Waals surface area contributed by atoms with Gasteiger partial charge in [0.1, 0.15) is 17.2 Å². The minimum Gasteiger partial charge on any atom is -0.508 e. The molecule has 0 saturated carbocycles. The number of amides is 3. The molecule has 51 heavy (non-hydrogen) atoms. The molecule has 1 aliphatic heterocycles. The third-order valence-electron chi connectivity index (χ3n) is 9.12. The Labute approximate surface area is 298 Å². The molecular formula is C39H48N6O6. The number of rotatable bonds is 13. The molecule has 1 fully saturated rings. The fourth-order valence-electron chi connectivity index (χ4n) is 6.23. The standard InChI is InChI=1S/C39H48N6O6/c1-26(2)31-23-32(34(47)24-33(31)46)38-37(27(3)41-42-38)29-17-15-28(16-18-29)25-44-19-21-45(22-20-44)39(50)51-43-36(49)14-10-5-4-9-13-35(48)40-30-11-7-6-8-12-30/h6-8,11-12,15-18,23-24,26,46-47H,4-5,9-10,13-14,19-22,25H2,1-3H3,(H,40,48)(H,41,42)(H,43,49). The highest BCUT2D eigenvalue weighted by atomic mass is 16.7. The summed E-state index contributed by atoms with van der Waals surface area (Å²) < 4.78 is 0. The summed E-state index contributed by atoms with van der Waals surface area (Å²) >= 11 is 0. The Morgan fingerprint density at radius 1 is 0.863 bits per heavy atom. The molecule has 12 heteroatoms. The number of para-hydroxylation sites is 1. The summed E-state index contributed by atoms with van der Waals surface area (Å²) in [5, 5.41) is 31.4. The minimum atomic E-state index is -0.566. The second kappa shape index (κ2) is 17.5. The Hall–Kier alpha value is -5.36. The van der Waals surface area contributed by atoms with Crippen molar-refractivity contribution in [2.24, 2.45) is 0 Å². The van der Waals surface area contributed by atoms with Gasteiger partial charge in [-0.3, -0.25) is 19.6 Å². The first-order chi connectivity index (χ1) is 24.6. The lowest BCUT2D eigenvalue weighted by Crippen LogP contribution is -2.49. The molecule has 0 atom stereocenters. The molecule has 1 saturated heterocycles. The maximum atomic E-state index is 12.6. The van der Waals surface area contributed by atoms with Crippen LogP contribution in [-0.2, 0) is 21.0 Å². The number of carbonyl (C=O) groups excluding carboxylic acids is 3. The zero-order valence-corrected chi connectivity index (χ0v) is 29.6. The van der Waals surface area contributed by atoms with Gasteiger partial charge in [-0.25, -0.2) is 4.79 Å². The first-order valence-corrected chi connectivity index (χ1v) is 17.6. The fraction of sp³-hybridized carbons (Fsp3) is 0.385. The average molecular weight is 697 g/mol. The highest BCUT2D eigenvalue weighted by molar-refractivity contribution is 5.90. The van der Waals surface area contributed by atoms with E-state index in [4.69, 9.17) is 4.84 Å². The van der Waals surface area contributed by atoms with E-state index in [2.05, 4.69) is 38.0 Å². The van der Waals surface area contributed by atoms with E-state index in [-0.39, 0.29) is 35.7 Å². The molecule has 0 unspecified atom stereocenters. The van der Waals surface area contributed by atoms with Crippen molar-refractivity contribution in [1.29, 1.82) is 0 Å². The number of phenolic OH excluding ortho intramolecular Hbond substituents is 2. The van der Waals surface area contributed by atoms with Gasteiger partial charge < -0.3 is 25.3 Å². The number of benzene rings is 3. The zero-order chi connectivity index (χ0) is 36.3. The highest BCUT2D eigenvalue weighted by Crippen LogP contribution is 2.41. The Morgan fingerprint density at radius 3 is 2.20 bits per heavy atom. The van der Waals surface area contributed by atoms with Crippen molar-refractivity contribution in [1.82, 2.24) is 25.5 Å². The Balaban J connectivity index is 1.01. The lowest BCUT2D eigenvalue weighted by Gasteiger charge is -2.33. The first-order valence-electron chi connectivity index (χ1n) is 17.6. The molecule has 0 spiro atoms. The van der Waals surface area contributed by atoms with E-state index in [9.17, 15) is 24.6 Å². The molecule has 5 rings (SSSR count). The van der Waals surface area contributed by atoms with E-state index < -0.39 is 6.09 Å². The topological polar surface area (TPSA) is 160 Å². The van der Waals surface area contributed by atoms with Gasteiger partial charge >= 0.3 is 6.09 Å². The van der Waals surface area contributed by atoms with Crippen LogP contribution in [0.4, 0.5) is 10.5 Å². The monoisotopic (exact) mass is 696 g/mol. The number of H-pyrrole nitrogens is 1. The molecule has 1 aromatic heterocycles. The molecule has 5 N–H and O–H groups in total. The van der Waals surface area contributed by atoms with Gasteiger partial charge in [-0.1, -0.05) is 69.2 Å². The minimum absolute atomic E-state index is 0.0213. The first kappa shape index (κ1) is 36.9. The molecule has 2 heterocycles. The van der Waals surface area contributed by atoms with Crippen molar-refractivity contribution >= 4 is 23.6 Å². The van der Waals surface area contributed by atoms with Crippen LogP contribution in [0.5, 0.6) is 11.5 Å².